The minimum absolute atomic E-state index is 0.0737. The smallest absolute Gasteiger partial charge is 0.325 e. The molecule has 2 nitrogen and oxygen atoms in total. The summed E-state index contributed by atoms with van der Waals surface area (Å²) in [5.74, 6) is -0.513. The number of carbonyl (C=O) groups is 1. The van der Waals surface area contributed by atoms with Crippen molar-refractivity contribution in [2.24, 2.45) is 0 Å². The van der Waals surface area contributed by atoms with Crippen molar-refractivity contribution in [2.75, 3.05) is 11.1 Å². The molecule has 0 spiro atoms. The van der Waals surface area contributed by atoms with Crippen LogP contribution < -0.4 is 5.32 Å². The van der Waals surface area contributed by atoms with Gasteiger partial charge in [0.05, 0.1) is 11.3 Å². The molecule has 1 aromatic carbocycles. The summed E-state index contributed by atoms with van der Waals surface area (Å²) in [5, 5.41) is 2.36. The van der Waals surface area contributed by atoms with Crippen molar-refractivity contribution in [3.05, 3.63) is 29.3 Å². The molecule has 1 amide bonds. The van der Waals surface area contributed by atoms with Gasteiger partial charge in [0.15, 0.2) is 0 Å². The van der Waals surface area contributed by atoms with Gasteiger partial charge in [-0.25, -0.2) is 0 Å². The van der Waals surface area contributed by atoms with Gasteiger partial charge in [-0.15, -0.1) is 0 Å². The van der Waals surface area contributed by atoms with E-state index in [1.54, 1.807) is 6.92 Å². The highest BCUT2D eigenvalue weighted by atomic mass is 32.1. The topological polar surface area (TPSA) is 29.1 Å². The number of hydrogen-bond acceptors (Lipinski definition) is 2. The third kappa shape index (κ3) is 3.16. The van der Waals surface area contributed by atoms with Crippen LogP contribution in [0, 0.1) is 6.92 Å². The molecule has 0 unspecified atom stereocenters. The number of carbonyl (C=O) groups excluding carboxylic acids is 1. The molecule has 1 N–H and O–H groups in total. The first-order chi connectivity index (χ1) is 7.34. The highest BCUT2D eigenvalue weighted by Crippen LogP contribution is 2.31. The summed E-state index contributed by atoms with van der Waals surface area (Å²) in [4.78, 5) is 11.0. The first-order valence-electron chi connectivity index (χ1n) is 4.43. The van der Waals surface area contributed by atoms with Crippen molar-refractivity contribution in [3.63, 3.8) is 0 Å². The van der Waals surface area contributed by atoms with Gasteiger partial charge in [-0.2, -0.15) is 25.8 Å². The summed E-state index contributed by atoms with van der Waals surface area (Å²) in [7, 11) is 0. The van der Waals surface area contributed by atoms with Crippen LogP contribution in [0.4, 0.5) is 18.9 Å². The number of aryl methyl sites for hydroxylation is 1. The number of halogens is 3. The Kier molecular flexibility index (Phi) is 3.85. The summed E-state index contributed by atoms with van der Waals surface area (Å²) in [5.41, 5.74) is -0.0513. The Labute approximate surface area is 96.3 Å². The number of benzene rings is 1. The lowest BCUT2D eigenvalue weighted by molar-refractivity contribution is -0.137. The van der Waals surface area contributed by atoms with E-state index < -0.39 is 17.6 Å². The van der Waals surface area contributed by atoms with Crippen molar-refractivity contribution in [2.45, 2.75) is 13.1 Å². The molecule has 1 rings (SSSR count). The molecule has 88 valence electrons. The zero-order valence-electron chi connectivity index (χ0n) is 8.43. The fourth-order valence-corrected chi connectivity index (χ4v) is 1.20. The van der Waals surface area contributed by atoms with Crippen molar-refractivity contribution >= 4 is 24.2 Å². The summed E-state index contributed by atoms with van der Waals surface area (Å²) < 4.78 is 37.2. The molecule has 0 radical (unpaired) electrons. The molecule has 0 saturated carbocycles. The summed E-state index contributed by atoms with van der Waals surface area (Å²) in [6.45, 7) is 1.62. The van der Waals surface area contributed by atoms with E-state index in [4.69, 9.17) is 0 Å². The maximum atomic E-state index is 12.4. The van der Waals surface area contributed by atoms with Crippen LogP contribution in [0.25, 0.3) is 0 Å². The number of anilines is 1. The Hall–Kier alpha value is -1.17. The largest absolute Gasteiger partial charge is 0.416 e. The maximum Gasteiger partial charge on any atom is 0.416 e. The number of amides is 1. The Balaban J connectivity index is 3.04. The van der Waals surface area contributed by atoms with E-state index in [0.29, 0.717) is 5.56 Å². The fraction of sp³-hybridized carbons (Fsp3) is 0.300. The van der Waals surface area contributed by atoms with Gasteiger partial charge in [0.2, 0.25) is 5.91 Å². The van der Waals surface area contributed by atoms with E-state index in [1.165, 1.54) is 6.07 Å². The zero-order valence-corrected chi connectivity index (χ0v) is 9.32. The second-order valence-corrected chi connectivity index (χ2v) is 3.55. The maximum absolute atomic E-state index is 12.4. The van der Waals surface area contributed by atoms with Crippen LogP contribution in [0.3, 0.4) is 0 Å². The Bertz CT molecular complexity index is 404. The molecule has 0 saturated heterocycles. The van der Waals surface area contributed by atoms with Gasteiger partial charge >= 0.3 is 6.18 Å². The van der Waals surface area contributed by atoms with Crippen LogP contribution in [-0.4, -0.2) is 11.7 Å². The summed E-state index contributed by atoms with van der Waals surface area (Å²) >= 11 is 3.73. The molecule has 0 fully saturated rings. The van der Waals surface area contributed by atoms with E-state index in [2.05, 4.69) is 17.9 Å². The molecule has 0 aliphatic rings. The van der Waals surface area contributed by atoms with E-state index in [0.717, 1.165) is 12.1 Å². The monoisotopic (exact) mass is 249 g/mol. The number of nitrogens with one attached hydrogen (secondary N) is 1. The van der Waals surface area contributed by atoms with Gasteiger partial charge in [-0.05, 0) is 24.6 Å². The molecule has 16 heavy (non-hydrogen) atoms. The van der Waals surface area contributed by atoms with Crippen molar-refractivity contribution in [1.29, 1.82) is 0 Å². The van der Waals surface area contributed by atoms with Crippen LogP contribution in [0.5, 0.6) is 0 Å². The highest BCUT2D eigenvalue weighted by molar-refractivity contribution is 7.81. The highest BCUT2D eigenvalue weighted by Gasteiger charge is 2.30. The van der Waals surface area contributed by atoms with Gasteiger partial charge in [0, 0.05) is 5.69 Å². The second kappa shape index (κ2) is 4.78. The van der Waals surface area contributed by atoms with Gasteiger partial charge in [0.1, 0.15) is 0 Å². The van der Waals surface area contributed by atoms with Crippen LogP contribution in [0.1, 0.15) is 11.1 Å². The third-order valence-corrected chi connectivity index (χ3v) is 2.27. The zero-order chi connectivity index (χ0) is 12.3. The molecular formula is C10H10F3NOS. The average molecular weight is 249 g/mol. The van der Waals surface area contributed by atoms with Gasteiger partial charge in [0.25, 0.3) is 0 Å². The van der Waals surface area contributed by atoms with E-state index in [9.17, 15) is 18.0 Å². The number of alkyl halides is 3. The summed E-state index contributed by atoms with van der Waals surface area (Å²) in [6.07, 6.45) is -4.41. The molecule has 0 aliphatic carbocycles. The van der Waals surface area contributed by atoms with E-state index in [-0.39, 0.29) is 11.4 Å². The predicted molar refractivity (Wildman–Crippen MR) is 58.7 cm³/mol. The molecule has 6 heteroatoms. The van der Waals surface area contributed by atoms with Crippen molar-refractivity contribution < 1.29 is 18.0 Å². The SMILES string of the molecule is Cc1ccc(C(F)(F)F)cc1NC(=O)CS. The Morgan fingerprint density at radius 1 is 1.44 bits per heavy atom. The molecular weight excluding hydrogens is 239 g/mol. The standard InChI is InChI=1S/C10H10F3NOS/c1-6-2-3-7(10(11,12)13)4-8(6)14-9(15)5-16/h2-4,16H,5H2,1H3,(H,14,15). The minimum atomic E-state index is -4.41. The van der Waals surface area contributed by atoms with Crippen LogP contribution in [-0.2, 0) is 11.0 Å². The van der Waals surface area contributed by atoms with Crippen LogP contribution >= 0.6 is 12.6 Å². The second-order valence-electron chi connectivity index (χ2n) is 3.23. The van der Waals surface area contributed by atoms with E-state index in [1.807, 2.05) is 0 Å². The number of thiol groups is 1. The fourth-order valence-electron chi connectivity index (χ4n) is 1.12. The number of hydrogen-bond donors (Lipinski definition) is 2. The van der Waals surface area contributed by atoms with Gasteiger partial charge in [-0.1, -0.05) is 6.07 Å². The molecule has 1 aromatic rings. The Morgan fingerprint density at radius 2 is 2.06 bits per heavy atom. The first-order valence-corrected chi connectivity index (χ1v) is 5.06. The number of rotatable bonds is 2. The molecule has 0 aromatic heterocycles. The quantitative estimate of drug-likeness (QED) is 0.775. The normalized spacial score (nSPS) is 11.3. The van der Waals surface area contributed by atoms with Crippen molar-refractivity contribution in [1.82, 2.24) is 0 Å². The first kappa shape index (κ1) is 12.9. The minimum Gasteiger partial charge on any atom is -0.325 e. The molecule has 0 atom stereocenters. The summed E-state index contributed by atoms with van der Waals surface area (Å²) in [6, 6.07) is 3.21. The van der Waals surface area contributed by atoms with Crippen LogP contribution in [0.2, 0.25) is 0 Å². The van der Waals surface area contributed by atoms with Gasteiger partial charge < -0.3 is 5.32 Å². The van der Waals surface area contributed by atoms with Crippen LogP contribution in [0.15, 0.2) is 18.2 Å². The van der Waals surface area contributed by atoms with Gasteiger partial charge in [-0.3, -0.25) is 4.79 Å². The molecule has 0 heterocycles. The lowest BCUT2D eigenvalue weighted by Gasteiger charge is -2.11. The Morgan fingerprint density at radius 3 is 2.56 bits per heavy atom. The van der Waals surface area contributed by atoms with Crippen molar-refractivity contribution in [3.8, 4) is 0 Å². The predicted octanol–water partition coefficient (Wildman–Crippen LogP) is 2.88. The lowest BCUT2D eigenvalue weighted by atomic mass is 10.1. The van der Waals surface area contributed by atoms with E-state index >= 15 is 0 Å². The lowest BCUT2D eigenvalue weighted by Crippen LogP contribution is -2.14. The molecule has 0 aliphatic heterocycles. The third-order valence-electron chi connectivity index (χ3n) is 1.98. The average Bonchev–Trinajstić information content (AvgIpc) is 2.19. The molecule has 0 bridgehead atoms.